The summed E-state index contributed by atoms with van der Waals surface area (Å²) in [6.07, 6.45) is 0.289. The van der Waals surface area contributed by atoms with Gasteiger partial charge in [-0.05, 0) is 47.5 Å². The Morgan fingerprint density at radius 2 is 1.51 bits per heavy atom. The van der Waals surface area contributed by atoms with Gasteiger partial charge in [-0.15, -0.1) is 0 Å². The van der Waals surface area contributed by atoms with Gasteiger partial charge in [0.2, 0.25) is 0 Å². The van der Waals surface area contributed by atoms with Gasteiger partial charge in [-0.25, -0.2) is 0 Å². The Morgan fingerprint density at radius 3 is 2.17 bits per heavy atom. The van der Waals surface area contributed by atoms with Crippen LogP contribution < -0.4 is 5.73 Å². The zero-order valence-electron chi connectivity index (χ0n) is 19.5. The highest BCUT2D eigenvalue weighted by atomic mass is 32.2. The molecule has 4 aromatic rings. The van der Waals surface area contributed by atoms with E-state index in [1.165, 1.54) is 12.1 Å². The number of carbonyl (C=O) groups excluding carboxylic acids is 1. The van der Waals surface area contributed by atoms with E-state index in [0.29, 0.717) is 13.2 Å². The third kappa shape index (κ3) is 7.75. The van der Waals surface area contributed by atoms with Crippen molar-refractivity contribution in [1.82, 2.24) is 0 Å². The number of rotatable bonds is 7. The third-order valence-electron chi connectivity index (χ3n) is 5.52. The van der Waals surface area contributed by atoms with E-state index in [0.717, 1.165) is 27.5 Å². The SMILES string of the molecule is Cc1ccc(S(=O)(=O)O)cc1.NCC(CC(=O)OCc1ccccc1)c1cccc2ccccc12. The van der Waals surface area contributed by atoms with Gasteiger partial charge in [-0.3, -0.25) is 9.35 Å². The van der Waals surface area contributed by atoms with Crippen LogP contribution in [0.15, 0.2) is 102 Å². The molecule has 3 N–H and O–H groups in total. The van der Waals surface area contributed by atoms with Crippen LogP contribution >= 0.6 is 0 Å². The van der Waals surface area contributed by atoms with E-state index < -0.39 is 10.1 Å². The molecule has 7 heteroatoms. The van der Waals surface area contributed by atoms with Gasteiger partial charge in [-0.2, -0.15) is 8.42 Å². The van der Waals surface area contributed by atoms with Crippen molar-refractivity contribution in [2.75, 3.05) is 6.54 Å². The normalized spacial score (nSPS) is 11.9. The molecular weight excluding hydrogens is 462 g/mol. The first kappa shape index (κ1) is 26.1. The van der Waals surface area contributed by atoms with E-state index in [-0.39, 0.29) is 23.2 Å². The number of ether oxygens (including phenoxy) is 1. The lowest BCUT2D eigenvalue weighted by Crippen LogP contribution is -2.18. The van der Waals surface area contributed by atoms with E-state index in [9.17, 15) is 13.2 Å². The van der Waals surface area contributed by atoms with Crippen LogP contribution in [-0.2, 0) is 26.3 Å². The van der Waals surface area contributed by atoms with Crippen LogP contribution in [0.1, 0.15) is 29.0 Å². The lowest BCUT2D eigenvalue weighted by molar-refractivity contribution is -0.145. The monoisotopic (exact) mass is 491 g/mol. The van der Waals surface area contributed by atoms with E-state index in [4.69, 9.17) is 15.0 Å². The van der Waals surface area contributed by atoms with Gasteiger partial charge >= 0.3 is 5.97 Å². The van der Waals surface area contributed by atoms with Crippen LogP contribution in [0, 0.1) is 6.92 Å². The van der Waals surface area contributed by atoms with Gasteiger partial charge in [0.1, 0.15) is 6.61 Å². The number of esters is 1. The second-order valence-electron chi connectivity index (χ2n) is 8.14. The standard InChI is InChI=1S/C21H21NO2.C7H8O3S/c22-14-18(13-21(23)24-15-16-7-2-1-3-8-16)20-12-6-10-17-9-4-5-11-19(17)20;1-6-2-4-7(5-3-6)11(8,9)10/h1-12,18H,13-15,22H2;2-5H,1H3,(H,8,9,10). The number of nitrogens with two attached hydrogens (primary N) is 1. The van der Waals surface area contributed by atoms with Crippen LogP contribution in [-0.4, -0.2) is 25.5 Å². The van der Waals surface area contributed by atoms with Crippen molar-refractivity contribution in [2.24, 2.45) is 5.73 Å². The number of hydrogen-bond donors (Lipinski definition) is 2. The molecule has 6 nitrogen and oxygen atoms in total. The Hall–Kier alpha value is -3.52. The first-order chi connectivity index (χ1) is 16.8. The molecule has 1 atom stereocenters. The second-order valence-corrected chi connectivity index (χ2v) is 9.56. The van der Waals surface area contributed by atoms with Crippen LogP contribution in [0.25, 0.3) is 10.8 Å². The molecule has 0 aromatic heterocycles. The number of carbonyl (C=O) groups is 1. The summed E-state index contributed by atoms with van der Waals surface area (Å²) >= 11 is 0. The molecule has 0 aliphatic carbocycles. The number of aryl methyl sites for hydroxylation is 1. The highest BCUT2D eigenvalue weighted by molar-refractivity contribution is 7.85. The Morgan fingerprint density at radius 1 is 0.886 bits per heavy atom. The molecule has 0 bridgehead atoms. The number of hydrogen-bond acceptors (Lipinski definition) is 5. The van der Waals surface area contributed by atoms with E-state index in [1.807, 2.05) is 61.5 Å². The second kappa shape index (κ2) is 12.3. The summed E-state index contributed by atoms with van der Waals surface area (Å²) in [5, 5.41) is 2.30. The molecule has 0 heterocycles. The molecule has 0 radical (unpaired) electrons. The molecule has 0 saturated heterocycles. The van der Waals surface area contributed by atoms with Gasteiger partial charge in [0.25, 0.3) is 10.1 Å². The van der Waals surface area contributed by atoms with Gasteiger partial charge in [0.15, 0.2) is 0 Å². The Bertz CT molecular complexity index is 1350. The predicted octanol–water partition coefficient (Wildman–Crippen LogP) is 5.26. The molecule has 4 aromatic carbocycles. The zero-order chi connectivity index (χ0) is 25.3. The maximum Gasteiger partial charge on any atom is 0.306 e. The smallest absolute Gasteiger partial charge is 0.306 e. The fourth-order valence-electron chi connectivity index (χ4n) is 3.64. The Balaban J connectivity index is 0.000000261. The van der Waals surface area contributed by atoms with E-state index in [2.05, 4.69) is 18.2 Å². The van der Waals surface area contributed by atoms with Gasteiger partial charge < -0.3 is 10.5 Å². The molecule has 182 valence electrons. The van der Waals surface area contributed by atoms with Crippen LogP contribution in [0.5, 0.6) is 0 Å². The van der Waals surface area contributed by atoms with Gasteiger partial charge in [0.05, 0.1) is 11.3 Å². The lowest BCUT2D eigenvalue weighted by atomic mass is 9.91. The van der Waals surface area contributed by atoms with Crippen molar-refractivity contribution in [2.45, 2.75) is 30.8 Å². The van der Waals surface area contributed by atoms with Crippen molar-refractivity contribution < 1.29 is 22.5 Å². The summed E-state index contributed by atoms with van der Waals surface area (Å²) in [5.74, 6) is -0.262. The van der Waals surface area contributed by atoms with E-state index in [1.54, 1.807) is 12.1 Å². The minimum atomic E-state index is -4.02. The number of fused-ring (bicyclic) bond motifs is 1. The molecule has 4 rings (SSSR count). The molecule has 0 spiro atoms. The van der Waals surface area contributed by atoms with Crippen molar-refractivity contribution in [3.63, 3.8) is 0 Å². The molecule has 1 unspecified atom stereocenters. The average Bonchev–Trinajstić information content (AvgIpc) is 2.86. The number of benzene rings is 4. The van der Waals surface area contributed by atoms with Crippen molar-refractivity contribution in [1.29, 1.82) is 0 Å². The molecule has 0 fully saturated rings. The van der Waals surface area contributed by atoms with Crippen LogP contribution in [0.4, 0.5) is 0 Å². The first-order valence-electron chi connectivity index (χ1n) is 11.2. The van der Waals surface area contributed by atoms with E-state index >= 15 is 0 Å². The highest BCUT2D eigenvalue weighted by Crippen LogP contribution is 2.27. The largest absolute Gasteiger partial charge is 0.461 e. The predicted molar refractivity (Wildman–Crippen MR) is 138 cm³/mol. The maximum atomic E-state index is 12.2. The molecule has 0 aliphatic rings. The fraction of sp³-hybridized carbons (Fsp3) is 0.179. The summed E-state index contributed by atoms with van der Waals surface area (Å²) in [5.41, 5.74) is 8.99. The highest BCUT2D eigenvalue weighted by Gasteiger charge is 2.18. The summed E-state index contributed by atoms with van der Waals surface area (Å²) in [7, 11) is -4.02. The topological polar surface area (TPSA) is 107 Å². The summed E-state index contributed by atoms with van der Waals surface area (Å²) < 4.78 is 35.0. The van der Waals surface area contributed by atoms with Crippen LogP contribution in [0.3, 0.4) is 0 Å². The summed E-state index contributed by atoms with van der Waals surface area (Å²) in [6.45, 7) is 2.55. The van der Waals surface area contributed by atoms with Crippen molar-refractivity contribution >= 4 is 26.9 Å². The summed E-state index contributed by atoms with van der Waals surface area (Å²) in [6, 6.07) is 30.0. The minimum Gasteiger partial charge on any atom is -0.461 e. The molecule has 0 aliphatic heterocycles. The van der Waals surface area contributed by atoms with Gasteiger partial charge in [-0.1, -0.05) is 90.5 Å². The lowest BCUT2D eigenvalue weighted by Gasteiger charge is -2.17. The minimum absolute atomic E-state index is 0.0422. The molecular formula is C28H29NO5S. The van der Waals surface area contributed by atoms with Crippen molar-refractivity contribution in [3.8, 4) is 0 Å². The Labute approximate surface area is 206 Å². The zero-order valence-corrected chi connectivity index (χ0v) is 20.3. The quantitative estimate of drug-likeness (QED) is 0.270. The summed E-state index contributed by atoms with van der Waals surface area (Å²) in [4.78, 5) is 12.2. The molecule has 0 saturated carbocycles. The fourth-order valence-corrected chi connectivity index (χ4v) is 4.12. The molecule has 0 amide bonds. The van der Waals surface area contributed by atoms with Gasteiger partial charge in [0, 0.05) is 5.92 Å². The molecule has 35 heavy (non-hydrogen) atoms. The maximum absolute atomic E-state index is 12.2. The third-order valence-corrected chi connectivity index (χ3v) is 6.39. The average molecular weight is 492 g/mol. The van der Waals surface area contributed by atoms with Crippen LogP contribution in [0.2, 0.25) is 0 Å². The first-order valence-corrected chi connectivity index (χ1v) is 12.6. The Kier molecular flexibility index (Phi) is 9.14. The van der Waals surface area contributed by atoms with Crippen molar-refractivity contribution in [3.05, 3.63) is 114 Å².